The number of nitrogens with zero attached hydrogens (tertiary/aromatic N) is 1. The van der Waals surface area contributed by atoms with Gasteiger partial charge in [0.1, 0.15) is 5.75 Å². The van der Waals surface area contributed by atoms with Gasteiger partial charge >= 0.3 is 0 Å². The van der Waals surface area contributed by atoms with Crippen LogP contribution in [-0.2, 0) is 11.2 Å². The standard InChI is InChI=1S/C21H25NO4S/c1-5-16-15-9-11-27-20(15)8-10-22(16)21(23)7-6-14-12-18(25-3)19(26-4)13-17(14)24-2/h6-7,9,11-13,16H,5,8,10H2,1-4H3. The number of methoxy groups -OCH3 is 3. The topological polar surface area (TPSA) is 48.0 Å². The quantitative estimate of drug-likeness (QED) is 0.693. The fourth-order valence-corrected chi connectivity index (χ4v) is 4.47. The molecule has 2 heterocycles. The first-order valence-electron chi connectivity index (χ1n) is 8.97. The molecule has 0 N–H and O–H groups in total. The summed E-state index contributed by atoms with van der Waals surface area (Å²) in [7, 11) is 4.76. The van der Waals surface area contributed by atoms with E-state index in [2.05, 4.69) is 18.4 Å². The van der Waals surface area contributed by atoms with Crippen molar-refractivity contribution >= 4 is 23.3 Å². The van der Waals surface area contributed by atoms with Crippen LogP contribution in [0.4, 0.5) is 0 Å². The first kappa shape index (κ1) is 19.3. The maximum atomic E-state index is 12.9. The summed E-state index contributed by atoms with van der Waals surface area (Å²) in [6.07, 6.45) is 5.22. The Bertz CT molecular complexity index is 843. The minimum Gasteiger partial charge on any atom is -0.496 e. The molecular formula is C21H25NO4S. The Morgan fingerprint density at radius 1 is 1.19 bits per heavy atom. The van der Waals surface area contributed by atoms with Crippen molar-refractivity contribution in [2.45, 2.75) is 25.8 Å². The maximum Gasteiger partial charge on any atom is 0.247 e. The monoisotopic (exact) mass is 387 g/mol. The Labute approximate surface area is 164 Å². The molecule has 0 saturated heterocycles. The molecule has 1 aromatic carbocycles. The van der Waals surface area contributed by atoms with Gasteiger partial charge in [0.15, 0.2) is 11.5 Å². The molecule has 1 aliphatic rings. The van der Waals surface area contributed by atoms with Gasteiger partial charge in [0.25, 0.3) is 0 Å². The van der Waals surface area contributed by atoms with Crippen molar-refractivity contribution in [1.82, 2.24) is 4.90 Å². The van der Waals surface area contributed by atoms with Crippen LogP contribution in [0, 0.1) is 0 Å². The van der Waals surface area contributed by atoms with Crippen molar-refractivity contribution < 1.29 is 19.0 Å². The molecule has 1 unspecified atom stereocenters. The predicted molar refractivity (Wildman–Crippen MR) is 108 cm³/mol. The molecular weight excluding hydrogens is 362 g/mol. The second kappa shape index (κ2) is 8.48. The molecule has 2 aromatic rings. The van der Waals surface area contributed by atoms with E-state index < -0.39 is 0 Å². The molecule has 1 aromatic heterocycles. The zero-order chi connectivity index (χ0) is 19.4. The molecule has 1 amide bonds. The van der Waals surface area contributed by atoms with Gasteiger partial charge in [0.05, 0.1) is 27.4 Å². The summed E-state index contributed by atoms with van der Waals surface area (Å²) in [6, 6.07) is 5.86. The van der Waals surface area contributed by atoms with E-state index in [9.17, 15) is 4.79 Å². The molecule has 0 saturated carbocycles. The van der Waals surface area contributed by atoms with Crippen molar-refractivity contribution in [3.05, 3.63) is 45.7 Å². The van der Waals surface area contributed by atoms with Gasteiger partial charge in [-0.1, -0.05) is 6.92 Å². The summed E-state index contributed by atoms with van der Waals surface area (Å²) in [5.74, 6) is 1.82. The molecule has 3 rings (SSSR count). The van der Waals surface area contributed by atoms with Crippen molar-refractivity contribution in [3.8, 4) is 17.2 Å². The lowest BCUT2D eigenvalue weighted by Crippen LogP contribution is -2.38. The lowest BCUT2D eigenvalue weighted by Gasteiger charge is -2.34. The van der Waals surface area contributed by atoms with Crippen LogP contribution >= 0.6 is 11.3 Å². The number of benzene rings is 1. The molecule has 6 heteroatoms. The van der Waals surface area contributed by atoms with E-state index >= 15 is 0 Å². The highest BCUT2D eigenvalue weighted by molar-refractivity contribution is 7.10. The second-order valence-electron chi connectivity index (χ2n) is 6.29. The summed E-state index contributed by atoms with van der Waals surface area (Å²) in [5, 5.41) is 2.12. The molecule has 0 radical (unpaired) electrons. The number of hydrogen-bond acceptors (Lipinski definition) is 5. The molecule has 27 heavy (non-hydrogen) atoms. The van der Waals surface area contributed by atoms with Crippen molar-refractivity contribution in [3.63, 3.8) is 0 Å². The van der Waals surface area contributed by atoms with E-state index in [1.165, 1.54) is 10.4 Å². The van der Waals surface area contributed by atoms with Crippen molar-refractivity contribution in [2.75, 3.05) is 27.9 Å². The van der Waals surface area contributed by atoms with Crippen LogP contribution in [0.2, 0.25) is 0 Å². The third kappa shape index (κ3) is 3.81. The molecule has 0 spiro atoms. The summed E-state index contributed by atoms with van der Waals surface area (Å²) in [6.45, 7) is 2.87. The fraction of sp³-hybridized carbons (Fsp3) is 0.381. The molecule has 0 fully saturated rings. The number of fused-ring (bicyclic) bond motifs is 1. The molecule has 0 aliphatic carbocycles. The van der Waals surface area contributed by atoms with Gasteiger partial charge in [0, 0.05) is 29.1 Å². The average molecular weight is 388 g/mol. The minimum atomic E-state index is 0.00976. The van der Waals surface area contributed by atoms with Crippen LogP contribution in [0.5, 0.6) is 17.2 Å². The van der Waals surface area contributed by atoms with E-state index in [1.54, 1.807) is 50.9 Å². The van der Waals surface area contributed by atoms with Gasteiger partial charge in [0.2, 0.25) is 5.91 Å². The number of carbonyl (C=O) groups is 1. The molecule has 0 bridgehead atoms. The molecule has 5 nitrogen and oxygen atoms in total. The van der Waals surface area contributed by atoms with E-state index in [4.69, 9.17) is 14.2 Å². The summed E-state index contributed by atoms with van der Waals surface area (Å²) in [4.78, 5) is 16.3. The number of rotatable bonds is 6. The van der Waals surface area contributed by atoms with Crippen LogP contribution in [0.15, 0.2) is 29.7 Å². The van der Waals surface area contributed by atoms with E-state index in [0.717, 1.165) is 24.9 Å². The van der Waals surface area contributed by atoms with E-state index in [-0.39, 0.29) is 11.9 Å². The largest absolute Gasteiger partial charge is 0.496 e. The Morgan fingerprint density at radius 2 is 1.89 bits per heavy atom. The maximum absolute atomic E-state index is 12.9. The van der Waals surface area contributed by atoms with E-state index in [0.29, 0.717) is 17.2 Å². The summed E-state index contributed by atoms with van der Waals surface area (Å²) < 4.78 is 16.1. The van der Waals surface area contributed by atoms with Crippen LogP contribution in [-0.4, -0.2) is 38.7 Å². The Kier molecular flexibility index (Phi) is 6.06. The third-order valence-electron chi connectivity index (χ3n) is 4.91. The van der Waals surface area contributed by atoms with E-state index in [1.807, 2.05) is 11.0 Å². The van der Waals surface area contributed by atoms with Gasteiger partial charge in [-0.3, -0.25) is 4.79 Å². The Morgan fingerprint density at radius 3 is 2.56 bits per heavy atom. The zero-order valence-electron chi connectivity index (χ0n) is 16.2. The van der Waals surface area contributed by atoms with Crippen LogP contribution in [0.3, 0.4) is 0 Å². The number of carbonyl (C=O) groups excluding carboxylic acids is 1. The van der Waals surface area contributed by atoms with Gasteiger partial charge in [-0.15, -0.1) is 11.3 Å². The normalized spacial score (nSPS) is 16.3. The van der Waals surface area contributed by atoms with Crippen molar-refractivity contribution in [1.29, 1.82) is 0 Å². The smallest absolute Gasteiger partial charge is 0.247 e. The highest BCUT2D eigenvalue weighted by Crippen LogP contribution is 2.37. The van der Waals surface area contributed by atoms with Crippen molar-refractivity contribution in [2.24, 2.45) is 0 Å². The Balaban J connectivity index is 1.85. The number of amides is 1. The van der Waals surface area contributed by atoms with Gasteiger partial charge in [-0.2, -0.15) is 0 Å². The fourth-order valence-electron chi connectivity index (χ4n) is 3.54. The summed E-state index contributed by atoms with van der Waals surface area (Å²) >= 11 is 1.78. The minimum absolute atomic E-state index is 0.00976. The average Bonchev–Trinajstić information content (AvgIpc) is 3.19. The van der Waals surface area contributed by atoms with Gasteiger partial charge < -0.3 is 19.1 Å². The first-order valence-corrected chi connectivity index (χ1v) is 9.85. The van der Waals surface area contributed by atoms with Gasteiger partial charge in [-0.05, 0) is 42.0 Å². The van der Waals surface area contributed by atoms with Crippen LogP contribution < -0.4 is 14.2 Å². The number of ether oxygens (including phenoxy) is 3. The number of thiophene rings is 1. The zero-order valence-corrected chi connectivity index (χ0v) is 17.0. The highest BCUT2D eigenvalue weighted by Gasteiger charge is 2.29. The number of hydrogen-bond donors (Lipinski definition) is 0. The lowest BCUT2D eigenvalue weighted by molar-refractivity contribution is -0.128. The SMILES string of the molecule is CCC1c2ccsc2CCN1C(=O)C=Cc1cc(OC)c(OC)cc1OC. The lowest BCUT2D eigenvalue weighted by atomic mass is 9.97. The first-order chi connectivity index (χ1) is 13.1. The highest BCUT2D eigenvalue weighted by atomic mass is 32.1. The summed E-state index contributed by atoms with van der Waals surface area (Å²) in [5.41, 5.74) is 2.06. The molecule has 1 aliphatic heterocycles. The third-order valence-corrected chi connectivity index (χ3v) is 5.90. The Hall–Kier alpha value is -2.47. The molecule has 1 atom stereocenters. The second-order valence-corrected chi connectivity index (χ2v) is 7.29. The van der Waals surface area contributed by atoms with Crippen LogP contribution in [0.1, 0.15) is 35.4 Å². The van der Waals surface area contributed by atoms with Crippen LogP contribution in [0.25, 0.3) is 6.08 Å². The predicted octanol–water partition coefficient (Wildman–Crippen LogP) is 4.32. The molecule has 144 valence electrons. The van der Waals surface area contributed by atoms with Gasteiger partial charge in [-0.25, -0.2) is 0 Å².